The molecule has 0 bridgehead atoms. The Labute approximate surface area is 118 Å². The lowest BCUT2D eigenvalue weighted by molar-refractivity contribution is -0.129. The summed E-state index contributed by atoms with van der Waals surface area (Å²) in [6.07, 6.45) is 4.30. The fourth-order valence-electron chi connectivity index (χ4n) is 3.35. The van der Waals surface area contributed by atoms with E-state index in [4.69, 9.17) is 4.74 Å². The van der Waals surface area contributed by atoms with Gasteiger partial charge in [-0.25, -0.2) is 0 Å². The fraction of sp³-hybridized carbons (Fsp3) is 0.500. The van der Waals surface area contributed by atoms with Crippen molar-refractivity contribution in [1.82, 2.24) is 4.90 Å². The van der Waals surface area contributed by atoms with Crippen molar-refractivity contribution in [2.24, 2.45) is 11.8 Å². The highest BCUT2D eigenvalue weighted by Crippen LogP contribution is 2.37. The van der Waals surface area contributed by atoms with Gasteiger partial charge in [-0.15, -0.1) is 0 Å². The maximum atomic E-state index is 12.5. The molecule has 4 nitrogen and oxygen atoms in total. The number of imide groups is 1. The molecule has 0 spiro atoms. The van der Waals surface area contributed by atoms with Gasteiger partial charge in [-0.05, 0) is 43.0 Å². The Hall–Kier alpha value is -1.84. The Balaban J connectivity index is 1.78. The summed E-state index contributed by atoms with van der Waals surface area (Å²) in [7, 11) is 1.59. The van der Waals surface area contributed by atoms with Crippen molar-refractivity contribution in [2.45, 2.75) is 25.7 Å². The Morgan fingerprint density at radius 1 is 1.20 bits per heavy atom. The van der Waals surface area contributed by atoms with Gasteiger partial charge in [0, 0.05) is 18.0 Å². The van der Waals surface area contributed by atoms with Crippen molar-refractivity contribution >= 4 is 11.8 Å². The van der Waals surface area contributed by atoms with Gasteiger partial charge in [0.25, 0.3) is 5.91 Å². The van der Waals surface area contributed by atoms with Crippen LogP contribution in [0.15, 0.2) is 24.3 Å². The van der Waals surface area contributed by atoms with Gasteiger partial charge >= 0.3 is 0 Å². The van der Waals surface area contributed by atoms with Crippen molar-refractivity contribution in [2.75, 3.05) is 13.7 Å². The van der Waals surface area contributed by atoms with E-state index < -0.39 is 0 Å². The first-order valence-corrected chi connectivity index (χ1v) is 7.20. The Morgan fingerprint density at radius 3 is 2.55 bits per heavy atom. The van der Waals surface area contributed by atoms with E-state index >= 15 is 0 Å². The lowest BCUT2D eigenvalue weighted by atomic mass is 9.81. The van der Waals surface area contributed by atoms with Crippen LogP contribution < -0.4 is 4.74 Å². The number of fused-ring (bicyclic) bond motifs is 1. The molecular weight excluding hydrogens is 254 g/mol. The molecule has 106 valence electrons. The van der Waals surface area contributed by atoms with E-state index in [0.29, 0.717) is 23.8 Å². The smallest absolute Gasteiger partial charge is 0.260 e. The average Bonchev–Trinajstić information content (AvgIpc) is 2.84. The maximum Gasteiger partial charge on any atom is 0.260 e. The third kappa shape index (κ3) is 2.19. The summed E-state index contributed by atoms with van der Waals surface area (Å²) in [5.74, 6) is 1.01. The van der Waals surface area contributed by atoms with Crippen molar-refractivity contribution in [3.63, 3.8) is 0 Å². The van der Waals surface area contributed by atoms with Crippen LogP contribution in [-0.4, -0.2) is 30.4 Å². The first-order chi connectivity index (χ1) is 9.70. The molecule has 1 heterocycles. The molecule has 2 aliphatic rings. The second-order valence-corrected chi connectivity index (χ2v) is 5.63. The second-order valence-electron chi connectivity index (χ2n) is 5.63. The van der Waals surface area contributed by atoms with Crippen LogP contribution >= 0.6 is 0 Å². The predicted octanol–water partition coefficient (Wildman–Crippen LogP) is 2.48. The van der Waals surface area contributed by atoms with Crippen LogP contribution in [0.4, 0.5) is 0 Å². The van der Waals surface area contributed by atoms with E-state index in [2.05, 4.69) is 0 Å². The highest BCUT2D eigenvalue weighted by atomic mass is 16.5. The molecule has 1 aromatic rings. The minimum Gasteiger partial charge on any atom is -0.497 e. The number of amides is 2. The van der Waals surface area contributed by atoms with Crippen molar-refractivity contribution in [3.05, 3.63) is 29.8 Å². The topological polar surface area (TPSA) is 46.6 Å². The largest absolute Gasteiger partial charge is 0.497 e. The zero-order valence-corrected chi connectivity index (χ0v) is 11.7. The number of benzene rings is 1. The van der Waals surface area contributed by atoms with E-state index in [0.717, 1.165) is 19.3 Å². The number of carbonyl (C=O) groups excluding carboxylic acids is 2. The molecule has 3 rings (SSSR count). The highest BCUT2D eigenvalue weighted by molar-refractivity contribution is 6.06. The van der Waals surface area contributed by atoms with E-state index in [9.17, 15) is 9.59 Å². The Kier molecular flexibility index (Phi) is 3.47. The number of likely N-dealkylation sites (tertiary alicyclic amines) is 1. The van der Waals surface area contributed by atoms with Crippen LogP contribution in [-0.2, 0) is 4.79 Å². The normalized spacial score (nSPS) is 25.4. The van der Waals surface area contributed by atoms with Gasteiger partial charge in [0.15, 0.2) is 0 Å². The first kappa shape index (κ1) is 13.2. The van der Waals surface area contributed by atoms with E-state index in [1.165, 1.54) is 11.3 Å². The molecule has 1 aliphatic heterocycles. The zero-order valence-electron chi connectivity index (χ0n) is 11.7. The SMILES string of the molecule is COc1ccc(C(=O)N2C[C@H]3CCCC[C@H]3C2=O)cc1. The number of methoxy groups -OCH3 is 1. The third-order valence-corrected chi connectivity index (χ3v) is 4.49. The van der Waals surface area contributed by atoms with Gasteiger partial charge < -0.3 is 4.74 Å². The van der Waals surface area contributed by atoms with Crippen LogP contribution in [0.1, 0.15) is 36.0 Å². The van der Waals surface area contributed by atoms with Crippen LogP contribution in [0.25, 0.3) is 0 Å². The highest BCUT2D eigenvalue weighted by Gasteiger charge is 2.43. The van der Waals surface area contributed by atoms with Gasteiger partial charge in [0.1, 0.15) is 5.75 Å². The molecule has 0 N–H and O–H groups in total. The molecule has 1 saturated heterocycles. The monoisotopic (exact) mass is 273 g/mol. The summed E-state index contributed by atoms with van der Waals surface area (Å²) in [5.41, 5.74) is 0.554. The fourth-order valence-corrected chi connectivity index (χ4v) is 3.35. The third-order valence-electron chi connectivity index (χ3n) is 4.49. The molecule has 1 saturated carbocycles. The lowest BCUT2D eigenvalue weighted by Gasteiger charge is -2.21. The average molecular weight is 273 g/mol. The van der Waals surface area contributed by atoms with E-state index in [1.807, 2.05) is 0 Å². The molecule has 0 radical (unpaired) electrons. The Bertz CT molecular complexity index is 523. The molecular formula is C16H19NO3. The second kappa shape index (κ2) is 5.27. The molecule has 20 heavy (non-hydrogen) atoms. The standard InChI is InChI=1S/C16H19NO3/c1-20-13-8-6-11(7-9-13)15(18)17-10-12-4-2-3-5-14(12)16(17)19/h6-9,12,14H,2-5,10H2,1H3/t12-,14-/m1/s1. The van der Waals surface area contributed by atoms with Gasteiger partial charge in [-0.2, -0.15) is 0 Å². The van der Waals surface area contributed by atoms with Gasteiger partial charge in [0.2, 0.25) is 5.91 Å². The van der Waals surface area contributed by atoms with E-state index in [1.54, 1.807) is 31.4 Å². The molecule has 2 atom stereocenters. The van der Waals surface area contributed by atoms with Gasteiger partial charge in [0.05, 0.1) is 7.11 Å². The first-order valence-electron chi connectivity index (χ1n) is 7.20. The summed E-state index contributed by atoms with van der Waals surface area (Å²) in [6.45, 7) is 0.592. The van der Waals surface area contributed by atoms with Crippen LogP contribution in [0.2, 0.25) is 0 Å². The molecule has 0 aromatic heterocycles. The molecule has 4 heteroatoms. The quantitative estimate of drug-likeness (QED) is 0.778. The minimum atomic E-state index is -0.174. The number of ether oxygens (including phenoxy) is 1. The Morgan fingerprint density at radius 2 is 1.90 bits per heavy atom. The number of nitrogens with zero attached hydrogens (tertiary/aromatic N) is 1. The molecule has 2 amide bonds. The van der Waals surface area contributed by atoms with Crippen LogP contribution in [0, 0.1) is 11.8 Å². The number of rotatable bonds is 2. The van der Waals surface area contributed by atoms with Gasteiger partial charge in [-0.3, -0.25) is 14.5 Å². The van der Waals surface area contributed by atoms with Crippen LogP contribution in [0.5, 0.6) is 5.75 Å². The number of hydrogen-bond acceptors (Lipinski definition) is 3. The zero-order chi connectivity index (χ0) is 14.1. The summed E-state index contributed by atoms with van der Waals surface area (Å²) in [4.78, 5) is 26.3. The maximum absolute atomic E-state index is 12.5. The summed E-state index contributed by atoms with van der Waals surface area (Å²) in [5, 5.41) is 0. The van der Waals surface area contributed by atoms with Crippen molar-refractivity contribution in [3.8, 4) is 5.75 Å². The lowest BCUT2D eigenvalue weighted by Crippen LogP contribution is -2.33. The molecule has 0 unspecified atom stereocenters. The van der Waals surface area contributed by atoms with Crippen molar-refractivity contribution in [1.29, 1.82) is 0 Å². The summed E-state index contributed by atoms with van der Waals surface area (Å²) < 4.78 is 5.08. The van der Waals surface area contributed by atoms with E-state index in [-0.39, 0.29) is 17.7 Å². The molecule has 1 aliphatic carbocycles. The predicted molar refractivity (Wildman–Crippen MR) is 74.5 cm³/mol. The summed E-state index contributed by atoms with van der Waals surface area (Å²) in [6, 6.07) is 6.94. The van der Waals surface area contributed by atoms with Crippen LogP contribution in [0.3, 0.4) is 0 Å². The number of carbonyl (C=O) groups is 2. The molecule has 1 aromatic carbocycles. The van der Waals surface area contributed by atoms with Gasteiger partial charge in [-0.1, -0.05) is 12.8 Å². The number of hydrogen-bond donors (Lipinski definition) is 0. The van der Waals surface area contributed by atoms with Crippen molar-refractivity contribution < 1.29 is 14.3 Å². The minimum absolute atomic E-state index is 0.0236. The summed E-state index contributed by atoms with van der Waals surface area (Å²) >= 11 is 0. The molecule has 2 fully saturated rings.